The third-order valence-electron chi connectivity index (χ3n) is 5.10. The maximum absolute atomic E-state index is 12.8. The van der Waals surface area contributed by atoms with Crippen LogP contribution in [0.25, 0.3) is 0 Å². The smallest absolute Gasteiger partial charge is 0.322 e. The summed E-state index contributed by atoms with van der Waals surface area (Å²) in [5.74, 6) is 0.258. The summed E-state index contributed by atoms with van der Waals surface area (Å²) in [6, 6.07) is 5.60. The number of hydrogen-bond donors (Lipinski definition) is 2. The Kier molecular flexibility index (Phi) is 5.22. The molecule has 0 spiro atoms. The summed E-state index contributed by atoms with van der Waals surface area (Å²) in [7, 11) is 0. The van der Waals surface area contributed by atoms with Crippen LogP contribution in [0.5, 0.6) is 5.75 Å². The van der Waals surface area contributed by atoms with Crippen LogP contribution in [-0.4, -0.2) is 48.6 Å². The number of urea groups is 1. The first-order valence-corrected chi connectivity index (χ1v) is 8.72. The van der Waals surface area contributed by atoms with E-state index in [1.165, 1.54) is 12.1 Å². The first kappa shape index (κ1) is 17.7. The predicted octanol–water partition coefficient (Wildman–Crippen LogP) is 1.90. The van der Waals surface area contributed by atoms with Crippen molar-refractivity contribution in [1.82, 2.24) is 15.5 Å². The topological polar surface area (TPSA) is 70.7 Å². The average Bonchev–Trinajstić information content (AvgIpc) is 2.87. The molecule has 0 bridgehead atoms. The summed E-state index contributed by atoms with van der Waals surface area (Å²) in [5.41, 5.74) is -0.819. The quantitative estimate of drug-likeness (QED) is 0.608. The fourth-order valence-corrected chi connectivity index (χ4v) is 3.58. The van der Waals surface area contributed by atoms with Crippen LogP contribution in [-0.2, 0) is 4.79 Å². The minimum absolute atomic E-state index is 0.103. The minimum Gasteiger partial charge on any atom is -0.494 e. The highest BCUT2D eigenvalue weighted by molar-refractivity contribution is 6.06. The van der Waals surface area contributed by atoms with Gasteiger partial charge in [0.25, 0.3) is 5.91 Å². The van der Waals surface area contributed by atoms with Crippen LogP contribution < -0.4 is 15.4 Å². The molecule has 2 aliphatic heterocycles. The number of benzene rings is 1. The van der Waals surface area contributed by atoms with Gasteiger partial charge in [-0.25, -0.2) is 9.18 Å². The van der Waals surface area contributed by atoms with Crippen LogP contribution in [0.4, 0.5) is 9.18 Å². The normalized spacial score (nSPS) is 27.0. The Bertz CT molecular complexity index is 637. The van der Waals surface area contributed by atoms with E-state index in [1.54, 1.807) is 19.1 Å². The van der Waals surface area contributed by atoms with Crippen molar-refractivity contribution in [1.29, 1.82) is 0 Å². The molecule has 2 aliphatic rings. The molecule has 0 radical (unpaired) electrons. The first-order chi connectivity index (χ1) is 12.0. The van der Waals surface area contributed by atoms with Crippen molar-refractivity contribution in [2.75, 3.05) is 26.2 Å². The van der Waals surface area contributed by atoms with Gasteiger partial charge in [0.1, 0.15) is 17.1 Å². The molecule has 0 aromatic heterocycles. The van der Waals surface area contributed by atoms with Crippen molar-refractivity contribution in [2.24, 2.45) is 5.92 Å². The second kappa shape index (κ2) is 7.39. The Labute approximate surface area is 146 Å². The van der Waals surface area contributed by atoms with E-state index in [-0.39, 0.29) is 17.6 Å². The Morgan fingerprint density at radius 3 is 2.76 bits per heavy atom. The summed E-state index contributed by atoms with van der Waals surface area (Å²) in [5, 5.41) is 5.12. The molecular weight excluding hydrogens is 325 g/mol. The van der Waals surface area contributed by atoms with Crippen molar-refractivity contribution in [3.63, 3.8) is 0 Å². The van der Waals surface area contributed by atoms with Gasteiger partial charge >= 0.3 is 6.03 Å². The van der Waals surface area contributed by atoms with E-state index >= 15 is 0 Å². The molecule has 2 fully saturated rings. The van der Waals surface area contributed by atoms with Gasteiger partial charge in [-0.15, -0.1) is 0 Å². The minimum atomic E-state index is -0.819. The number of piperidine rings is 1. The molecule has 3 amide bonds. The van der Waals surface area contributed by atoms with Gasteiger partial charge in [0, 0.05) is 19.0 Å². The number of amides is 3. The highest BCUT2D eigenvalue weighted by atomic mass is 19.1. The van der Waals surface area contributed by atoms with E-state index in [0.29, 0.717) is 12.4 Å². The predicted molar refractivity (Wildman–Crippen MR) is 90.8 cm³/mol. The van der Waals surface area contributed by atoms with Crippen molar-refractivity contribution >= 4 is 11.9 Å². The van der Waals surface area contributed by atoms with Crippen LogP contribution in [0.2, 0.25) is 0 Å². The van der Waals surface area contributed by atoms with Gasteiger partial charge in [-0.3, -0.25) is 10.1 Å². The zero-order valence-corrected chi connectivity index (χ0v) is 14.4. The average molecular weight is 349 g/mol. The van der Waals surface area contributed by atoms with E-state index in [4.69, 9.17) is 4.74 Å². The van der Waals surface area contributed by atoms with E-state index in [1.807, 2.05) is 0 Å². The number of nitrogens with zero attached hydrogens (tertiary/aromatic N) is 1. The number of ether oxygens (including phenoxy) is 1. The summed E-state index contributed by atoms with van der Waals surface area (Å²) in [6.45, 7) is 4.99. The number of imide groups is 1. The van der Waals surface area contributed by atoms with E-state index < -0.39 is 11.6 Å². The molecule has 0 unspecified atom stereocenters. The maximum Gasteiger partial charge on any atom is 0.322 e. The SMILES string of the molecule is C[C@@]1([C@H]2CCCN(CCCOc3ccc(F)cc3)C2)NC(=O)NC1=O. The number of nitrogens with one attached hydrogen (secondary N) is 2. The number of rotatable bonds is 6. The lowest BCUT2D eigenvalue weighted by molar-refractivity contribution is -0.126. The molecule has 0 saturated carbocycles. The maximum atomic E-state index is 12.8. The van der Waals surface area contributed by atoms with Gasteiger partial charge in [0.2, 0.25) is 0 Å². The molecule has 2 heterocycles. The van der Waals surface area contributed by atoms with Crippen molar-refractivity contribution in [2.45, 2.75) is 31.7 Å². The lowest BCUT2D eigenvalue weighted by Gasteiger charge is -2.39. The van der Waals surface area contributed by atoms with Gasteiger partial charge in [-0.2, -0.15) is 0 Å². The van der Waals surface area contributed by atoms with Crippen molar-refractivity contribution in [3.05, 3.63) is 30.1 Å². The zero-order valence-electron chi connectivity index (χ0n) is 14.4. The Hall–Kier alpha value is -2.15. The fraction of sp³-hybridized carbons (Fsp3) is 0.556. The van der Waals surface area contributed by atoms with E-state index in [9.17, 15) is 14.0 Å². The lowest BCUT2D eigenvalue weighted by Crippen LogP contribution is -2.55. The molecule has 25 heavy (non-hydrogen) atoms. The third kappa shape index (κ3) is 4.10. The second-order valence-corrected chi connectivity index (χ2v) is 6.91. The molecule has 136 valence electrons. The van der Waals surface area contributed by atoms with Crippen molar-refractivity contribution in [3.8, 4) is 5.75 Å². The monoisotopic (exact) mass is 349 g/mol. The molecule has 0 aliphatic carbocycles. The number of halogens is 1. The summed E-state index contributed by atoms with van der Waals surface area (Å²) < 4.78 is 18.5. The third-order valence-corrected chi connectivity index (χ3v) is 5.10. The first-order valence-electron chi connectivity index (χ1n) is 8.72. The highest BCUT2D eigenvalue weighted by Crippen LogP contribution is 2.29. The van der Waals surface area contributed by atoms with Gasteiger partial charge in [-0.1, -0.05) is 0 Å². The summed E-state index contributed by atoms with van der Waals surface area (Å²) >= 11 is 0. The molecule has 2 atom stereocenters. The van der Waals surface area contributed by atoms with Crippen LogP contribution >= 0.6 is 0 Å². The van der Waals surface area contributed by atoms with Crippen LogP contribution in [0.3, 0.4) is 0 Å². The molecule has 2 N–H and O–H groups in total. The molecule has 2 saturated heterocycles. The summed E-state index contributed by atoms with van der Waals surface area (Å²) in [6.07, 6.45) is 2.77. The zero-order chi connectivity index (χ0) is 17.9. The molecular formula is C18H24FN3O3. The molecule has 1 aromatic rings. The Morgan fingerprint density at radius 2 is 2.08 bits per heavy atom. The summed E-state index contributed by atoms with van der Waals surface area (Å²) in [4.78, 5) is 25.9. The number of likely N-dealkylation sites (tertiary alicyclic amines) is 1. The van der Waals surface area contributed by atoms with E-state index in [0.717, 1.165) is 38.9 Å². The van der Waals surface area contributed by atoms with Gasteiger partial charge in [0.05, 0.1) is 6.61 Å². The number of hydrogen-bond acceptors (Lipinski definition) is 4. The van der Waals surface area contributed by atoms with Crippen LogP contribution in [0.15, 0.2) is 24.3 Å². The standard InChI is InChI=1S/C18H24FN3O3/c1-18(16(23)20-17(24)21-18)13-4-2-9-22(12-13)10-3-11-25-15-7-5-14(19)6-8-15/h5-8,13H,2-4,9-12H2,1H3,(H2,20,21,23,24)/t13-,18-/m0/s1. The molecule has 3 rings (SSSR count). The van der Waals surface area contributed by atoms with Gasteiger partial charge in [-0.05, 0) is 57.0 Å². The van der Waals surface area contributed by atoms with Crippen LogP contribution in [0, 0.1) is 11.7 Å². The van der Waals surface area contributed by atoms with Crippen molar-refractivity contribution < 1.29 is 18.7 Å². The molecule has 7 heteroatoms. The fourth-order valence-electron chi connectivity index (χ4n) is 3.58. The Morgan fingerprint density at radius 1 is 1.32 bits per heavy atom. The van der Waals surface area contributed by atoms with Gasteiger partial charge < -0.3 is 15.0 Å². The lowest BCUT2D eigenvalue weighted by atomic mass is 9.80. The second-order valence-electron chi connectivity index (χ2n) is 6.91. The Balaban J connectivity index is 1.45. The van der Waals surface area contributed by atoms with Crippen LogP contribution in [0.1, 0.15) is 26.2 Å². The molecule has 1 aromatic carbocycles. The van der Waals surface area contributed by atoms with Gasteiger partial charge in [0.15, 0.2) is 0 Å². The highest BCUT2D eigenvalue weighted by Gasteiger charge is 2.48. The van der Waals surface area contributed by atoms with E-state index in [2.05, 4.69) is 15.5 Å². The number of carbonyl (C=O) groups is 2. The molecule has 6 nitrogen and oxygen atoms in total. The number of carbonyl (C=O) groups excluding carboxylic acids is 2. The largest absolute Gasteiger partial charge is 0.494 e.